The van der Waals surface area contributed by atoms with Gasteiger partial charge in [-0.25, -0.2) is 9.69 Å². The standard InChI is InChI=1S/C30H42BrNO7/c1-21(2)24-20-38-29(36)32(24)28(35)23(18-22-14-10-9-11-15-22)27-25(34)19-26(31)30(37,39-27)16-12-7-5-3-4-6-8-13-17-33/h9-11,14-15,19,21,23-24,27,33,37H,3-8,12-13,16-18,20H2,1-2H3/t23-,24-,27+,30-/m1/s1. The van der Waals surface area contributed by atoms with E-state index in [1.807, 2.05) is 44.2 Å². The van der Waals surface area contributed by atoms with Gasteiger partial charge in [-0.1, -0.05) is 82.7 Å². The highest BCUT2D eigenvalue weighted by Gasteiger charge is 2.50. The van der Waals surface area contributed by atoms with E-state index in [0.717, 1.165) is 55.4 Å². The number of cyclic esters (lactones) is 1. The van der Waals surface area contributed by atoms with Gasteiger partial charge in [0, 0.05) is 13.0 Å². The molecule has 0 aliphatic carbocycles. The number of aliphatic hydroxyl groups excluding tert-OH is 1. The van der Waals surface area contributed by atoms with E-state index in [9.17, 15) is 19.5 Å². The fraction of sp³-hybridized carbons (Fsp3) is 0.633. The minimum atomic E-state index is -1.74. The molecule has 2 amide bonds. The number of rotatable bonds is 15. The van der Waals surface area contributed by atoms with E-state index in [0.29, 0.717) is 6.42 Å². The van der Waals surface area contributed by atoms with E-state index in [1.54, 1.807) is 0 Å². The van der Waals surface area contributed by atoms with Crippen LogP contribution >= 0.6 is 15.9 Å². The van der Waals surface area contributed by atoms with Gasteiger partial charge in [-0.3, -0.25) is 9.59 Å². The molecule has 1 saturated heterocycles. The third-order valence-corrected chi connectivity index (χ3v) is 8.41. The van der Waals surface area contributed by atoms with Crippen molar-refractivity contribution >= 4 is 33.7 Å². The van der Waals surface area contributed by atoms with Crippen LogP contribution in [0.15, 0.2) is 40.9 Å². The van der Waals surface area contributed by atoms with Crippen LogP contribution in [0.4, 0.5) is 4.79 Å². The summed E-state index contributed by atoms with van der Waals surface area (Å²) in [7, 11) is 0. The number of carbonyl (C=O) groups is 3. The van der Waals surface area contributed by atoms with Gasteiger partial charge in [0.1, 0.15) is 12.7 Å². The van der Waals surface area contributed by atoms with Crippen LogP contribution < -0.4 is 0 Å². The Kier molecular flexibility index (Phi) is 12.2. The molecule has 2 N–H and O–H groups in total. The quantitative estimate of drug-likeness (QED) is 0.260. The number of halogens is 1. The average Bonchev–Trinajstić information content (AvgIpc) is 3.30. The Labute approximate surface area is 239 Å². The molecule has 2 aliphatic rings. The molecule has 1 aromatic carbocycles. The number of ether oxygens (including phenoxy) is 2. The van der Waals surface area contributed by atoms with Gasteiger partial charge in [-0.15, -0.1) is 0 Å². The van der Waals surface area contributed by atoms with E-state index >= 15 is 0 Å². The molecule has 0 unspecified atom stereocenters. The van der Waals surface area contributed by atoms with Gasteiger partial charge >= 0.3 is 6.09 Å². The van der Waals surface area contributed by atoms with Crippen molar-refractivity contribution in [1.29, 1.82) is 0 Å². The first-order chi connectivity index (χ1) is 18.7. The number of carbonyl (C=O) groups excluding carboxylic acids is 3. The van der Waals surface area contributed by atoms with E-state index in [-0.39, 0.29) is 36.5 Å². The van der Waals surface area contributed by atoms with Crippen LogP contribution in [0.1, 0.15) is 77.2 Å². The normalized spacial score (nSPS) is 24.2. The fourth-order valence-corrected chi connectivity index (χ4v) is 5.71. The predicted octanol–water partition coefficient (Wildman–Crippen LogP) is 5.29. The van der Waals surface area contributed by atoms with Crippen LogP contribution in [-0.2, 0) is 25.5 Å². The van der Waals surface area contributed by atoms with Crippen molar-refractivity contribution in [2.24, 2.45) is 11.8 Å². The van der Waals surface area contributed by atoms with E-state index in [4.69, 9.17) is 14.6 Å². The van der Waals surface area contributed by atoms with Crippen LogP contribution in [0.25, 0.3) is 0 Å². The van der Waals surface area contributed by atoms with Crippen molar-refractivity contribution in [3.8, 4) is 0 Å². The highest BCUT2D eigenvalue weighted by Crippen LogP contribution is 2.38. The third kappa shape index (κ3) is 8.46. The molecule has 9 heteroatoms. The van der Waals surface area contributed by atoms with Crippen LogP contribution in [-0.4, -0.2) is 64.0 Å². The van der Waals surface area contributed by atoms with Crippen molar-refractivity contribution in [3.63, 3.8) is 0 Å². The van der Waals surface area contributed by atoms with Gasteiger partial charge < -0.3 is 19.7 Å². The summed E-state index contributed by atoms with van der Waals surface area (Å²) in [6.45, 7) is 4.17. The summed E-state index contributed by atoms with van der Waals surface area (Å²) in [6.07, 6.45) is 7.54. The lowest BCUT2D eigenvalue weighted by molar-refractivity contribution is -0.218. The summed E-state index contributed by atoms with van der Waals surface area (Å²) in [4.78, 5) is 40.9. The number of imide groups is 1. The van der Waals surface area contributed by atoms with Gasteiger partial charge in [0.25, 0.3) is 0 Å². The zero-order valence-electron chi connectivity index (χ0n) is 23.0. The number of hydrogen-bond acceptors (Lipinski definition) is 7. The Morgan fingerprint density at radius 3 is 2.28 bits per heavy atom. The Balaban J connectivity index is 1.73. The zero-order valence-corrected chi connectivity index (χ0v) is 24.6. The maximum Gasteiger partial charge on any atom is 0.416 e. The molecule has 3 rings (SSSR count). The SMILES string of the molecule is CC(C)[C@H]1COC(=O)N1C(=O)[C@H](Cc1ccccc1)[C@@H]1O[C@](O)(CCCCCCCCCCO)C(Br)=CC1=O. The molecule has 0 saturated carbocycles. The lowest BCUT2D eigenvalue weighted by Crippen LogP contribution is -2.54. The Morgan fingerprint density at radius 2 is 1.67 bits per heavy atom. The molecular formula is C30H42BrNO7. The number of aliphatic hydroxyl groups is 2. The lowest BCUT2D eigenvalue weighted by Gasteiger charge is -2.39. The molecule has 1 aromatic rings. The fourth-order valence-electron chi connectivity index (χ4n) is 5.19. The van der Waals surface area contributed by atoms with Gasteiger partial charge in [0.15, 0.2) is 11.6 Å². The van der Waals surface area contributed by atoms with Gasteiger partial charge in [0.2, 0.25) is 5.91 Å². The van der Waals surface area contributed by atoms with E-state index in [2.05, 4.69) is 15.9 Å². The van der Waals surface area contributed by atoms with Crippen LogP contribution in [0, 0.1) is 11.8 Å². The molecule has 39 heavy (non-hydrogen) atoms. The number of amides is 2. The third-order valence-electron chi connectivity index (χ3n) is 7.56. The minimum absolute atomic E-state index is 0.0265. The Bertz CT molecular complexity index is 998. The van der Waals surface area contributed by atoms with Gasteiger partial charge in [0.05, 0.1) is 16.4 Å². The van der Waals surface area contributed by atoms with Gasteiger partial charge in [-0.05, 0) is 52.7 Å². The maximum absolute atomic E-state index is 13.9. The highest BCUT2D eigenvalue weighted by molar-refractivity contribution is 9.11. The molecule has 8 nitrogen and oxygen atoms in total. The maximum atomic E-state index is 13.9. The predicted molar refractivity (Wildman–Crippen MR) is 151 cm³/mol. The van der Waals surface area contributed by atoms with Crippen LogP contribution in [0.5, 0.6) is 0 Å². The molecule has 4 atom stereocenters. The summed E-state index contributed by atoms with van der Waals surface area (Å²) in [5.41, 5.74) is 0.817. The molecule has 1 fully saturated rings. The lowest BCUT2D eigenvalue weighted by atomic mass is 9.87. The van der Waals surface area contributed by atoms with Gasteiger partial charge in [-0.2, -0.15) is 0 Å². The number of benzene rings is 1. The molecule has 0 aromatic heterocycles. The number of hydrogen-bond donors (Lipinski definition) is 2. The topological polar surface area (TPSA) is 113 Å². The number of unbranched alkanes of at least 4 members (excludes halogenated alkanes) is 7. The first kappa shape index (κ1) is 31.5. The van der Waals surface area contributed by atoms with Crippen LogP contribution in [0.3, 0.4) is 0 Å². The van der Waals surface area contributed by atoms with Crippen molar-refractivity contribution in [1.82, 2.24) is 4.90 Å². The Morgan fingerprint density at radius 1 is 1.05 bits per heavy atom. The van der Waals surface area contributed by atoms with Crippen molar-refractivity contribution in [3.05, 3.63) is 46.5 Å². The minimum Gasteiger partial charge on any atom is -0.447 e. The van der Waals surface area contributed by atoms with Crippen LogP contribution in [0.2, 0.25) is 0 Å². The molecule has 2 aliphatic heterocycles. The van der Waals surface area contributed by atoms with Crippen molar-refractivity contribution in [2.45, 2.75) is 96.0 Å². The molecule has 0 spiro atoms. The summed E-state index contributed by atoms with van der Waals surface area (Å²) in [6, 6.07) is 8.84. The first-order valence-corrected chi connectivity index (χ1v) is 14.9. The summed E-state index contributed by atoms with van der Waals surface area (Å²) in [5, 5.41) is 20.3. The first-order valence-electron chi connectivity index (χ1n) is 14.1. The second kappa shape index (κ2) is 15.1. The monoisotopic (exact) mass is 607 g/mol. The summed E-state index contributed by atoms with van der Waals surface area (Å²) >= 11 is 3.33. The molecule has 2 heterocycles. The van der Waals surface area contributed by atoms with E-state index < -0.39 is 41.6 Å². The summed E-state index contributed by atoms with van der Waals surface area (Å²) < 4.78 is 11.5. The largest absolute Gasteiger partial charge is 0.447 e. The molecule has 0 bridgehead atoms. The smallest absolute Gasteiger partial charge is 0.416 e. The zero-order chi connectivity index (χ0) is 28.4. The second-order valence-electron chi connectivity index (χ2n) is 10.9. The second-order valence-corrected chi connectivity index (χ2v) is 11.8. The number of ketones is 1. The number of nitrogens with zero attached hydrogens (tertiary/aromatic N) is 1. The molecule has 0 radical (unpaired) electrons. The molecular weight excluding hydrogens is 566 g/mol. The highest BCUT2D eigenvalue weighted by atomic mass is 79.9. The van der Waals surface area contributed by atoms with E-state index in [1.165, 1.54) is 6.08 Å². The Hall–Kier alpha value is -2.07. The average molecular weight is 609 g/mol. The molecule has 216 valence electrons. The van der Waals surface area contributed by atoms with Crippen molar-refractivity contribution < 1.29 is 34.1 Å². The van der Waals surface area contributed by atoms with Crippen molar-refractivity contribution in [2.75, 3.05) is 13.2 Å². The summed E-state index contributed by atoms with van der Waals surface area (Å²) in [5.74, 6) is -3.75.